The van der Waals surface area contributed by atoms with Crippen LogP contribution in [0.5, 0.6) is 5.75 Å². The van der Waals surface area contributed by atoms with E-state index in [1.54, 1.807) is 17.0 Å². The molecule has 0 unspecified atom stereocenters. The summed E-state index contributed by atoms with van der Waals surface area (Å²) < 4.78 is 16.7. The number of hydrogen-bond donors (Lipinski definition) is 1. The second-order valence-electron chi connectivity index (χ2n) is 4.37. The van der Waals surface area contributed by atoms with E-state index in [0.29, 0.717) is 49.1 Å². The number of nitrogen functional groups attached to an aromatic ring is 1. The summed E-state index contributed by atoms with van der Waals surface area (Å²) in [6, 6.07) is 7.22. The number of carbonyl (C=O) groups excluding carboxylic acids is 1. The molecule has 0 radical (unpaired) electrons. The van der Waals surface area contributed by atoms with Gasteiger partial charge in [0.2, 0.25) is 5.91 Å². The van der Waals surface area contributed by atoms with E-state index in [4.69, 9.17) is 10.5 Å². The molecule has 1 amide bonds. The molecule has 1 aromatic rings. The van der Waals surface area contributed by atoms with Crippen molar-refractivity contribution in [1.29, 1.82) is 0 Å². The van der Waals surface area contributed by atoms with E-state index >= 15 is 0 Å². The standard InChI is InChI=1S/C13H18N2O3S/c14-11-3-1-2-4-12(11)18-8-5-13(16)15-6-9-19(17)10-7-15/h1-4H,5-10,14H2. The fraction of sp³-hybridized carbons (Fsp3) is 0.462. The van der Waals surface area contributed by atoms with Gasteiger partial charge in [0.1, 0.15) is 5.75 Å². The number of carbonyl (C=O) groups is 1. The average Bonchev–Trinajstić information content (AvgIpc) is 2.41. The smallest absolute Gasteiger partial charge is 0.226 e. The van der Waals surface area contributed by atoms with Gasteiger partial charge in [-0.2, -0.15) is 0 Å². The minimum atomic E-state index is -0.758. The summed E-state index contributed by atoms with van der Waals surface area (Å²) in [6.07, 6.45) is 0.320. The number of amides is 1. The van der Waals surface area contributed by atoms with Crippen LogP contribution in [-0.2, 0) is 15.6 Å². The van der Waals surface area contributed by atoms with Gasteiger partial charge in [0.15, 0.2) is 0 Å². The van der Waals surface area contributed by atoms with Crippen LogP contribution in [0.2, 0.25) is 0 Å². The van der Waals surface area contributed by atoms with Gasteiger partial charge >= 0.3 is 0 Å². The Labute approximate surface area is 115 Å². The minimum Gasteiger partial charge on any atom is -0.491 e. The van der Waals surface area contributed by atoms with E-state index in [1.165, 1.54) is 0 Å². The highest BCUT2D eigenvalue weighted by atomic mass is 32.2. The topological polar surface area (TPSA) is 72.6 Å². The van der Waals surface area contributed by atoms with E-state index in [-0.39, 0.29) is 5.91 Å². The normalized spacial score (nSPS) is 16.3. The Morgan fingerprint density at radius 1 is 1.32 bits per heavy atom. The highest BCUT2D eigenvalue weighted by molar-refractivity contribution is 7.85. The maximum Gasteiger partial charge on any atom is 0.226 e. The summed E-state index contributed by atoms with van der Waals surface area (Å²) in [6.45, 7) is 1.48. The van der Waals surface area contributed by atoms with Crippen LogP contribution in [0.4, 0.5) is 5.69 Å². The summed E-state index contributed by atoms with van der Waals surface area (Å²) in [5.74, 6) is 1.82. The summed E-state index contributed by atoms with van der Waals surface area (Å²) in [5.41, 5.74) is 6.31. The molecule has 19 heavy (non-hydrogen) atoms. The Morgan fingerprint density at radius 2 is 2.00 bits per heavy atom. The summed E-state index contributed by atoms with van der Waals surface area (Å²) >= 11 is 0. The maximum atomic E-state index is 11.9. The quantitative estimate of drug-likeness (QED) is 0.822. The monoisotopic (exact) mass is 282 g/mol. The maximum absolute atomic E-state index is 11.9. The molecule has 1 aromatic carbocycles. The van der Waals surface area contributed by atoms with Crippen molar-refractivity contribution in [3.05, 3.63) is 24.3 Å². The molecular formula is C13H18N2O3S. The number of benzene rings is 1. The van der Waals surface area contributed by atoms with Crippen molar-refractivity contribution >= 4 is 22.4 Å². The number of anilines is 1. The number of ether oxygens (including phenoxy) is 1. The van der Waals surface area contributed by atoms with Crippen molar-refractivity contribution in [3.63, 3.8) is 0 Å². The van der Waals surface area contributed by atoms with Crippen LogP contribution < -0.4 is 10.5 Å². The highest BCUT2D eigenvalue weighted by Gasteiger charge is 2.19. The first-order valence-corrected chi connectivity index (χ1v) is 7.75. The molecule has 1 aliphatic heterocycles. The molecule has 1 heterocycles. The fourth-order valence-electron chi connectivity index (χ4n) is 1.91. The minimum absolute atomic E-state index is 0.0474. The van der Waals surface area contributed by atoms with Gasteiger partial charge < -0.3 is 15.4 Å². The predicted molar refractivity (Wildman–Crippen MR) is 75.4 cm³/mol. The molecular weight excluding hydrogens is 264 g/mol. The van der Waals surface area contributed by atoms with Crippen molar-refractivity contribution in [2.24, 2.45) is 0 Å². The summed E-state index contributed by atoms with van der Waals surface area (Å²) in [7, 11) is -0.758. The molecule has 104 valence electrons. The largest absolute Gasteiger partial charge is 0.491 e. The third-order valence-corrected chi connectivity index (χ3v) is 4.30. The first-order chi connectivity index (χ1) is 9.16. The molecule has 1 fully saturated rings. The van der Waals surface area contributed by atoms with Gasteiger partial charge in [-0.1, -0.05) is 12.1 Å². The molecule has 2 rings (SSSR count). The molecule has 0 saturated carbocycles. The first kappa shape index (κ1) is 13.9. The first-order valence-electron chi connectivity index (χ1n) is 6.27. The molecule has 1 saturated heterocycles. The Hall–Kier alpha value is -1.56. The SMILES string of the molecule is Nc1ccccc1OCCC(=O)N1CCS(=O)CC1. The third-order valence-electron chi connectivity index (χ3n) is 3.02. The van der Waals surface area contributed by atoms with Gasteiger partial charge in [-0.05, 0) is 12.1 Å². The van der Waals surface area contributed by atoms with E-state index in [9.17, 15) is 9.00 Å². The molecule has 0 aliphatic carbocycles. The molecule has 0 bridgehead atoms. The van der Waals surface area contributed by atoms with Crippen LogP contribution in [0, 0.1) is 0 Å². The second-order valence-corrected chi connectivity index (χ2v) is 6.06. The van der Waals surface area contributed by atoms with Crippen LogP contribution >= 0.6 is 0 Å². The molecule has 0 atom stereocenters. The number of nitrogens with zero attached hydrogens (tertiary/aromatic N) is 1. The van der Waals surface area contributed by atoms with Crippen molar-refractivity contribution in [3.8, 4) is 5.75 Å². The van der Waals surface area contributed by atoms with E-state index in [2.05, 4.69) is 0 Å². The number of hydrogen-bond acceptors (Lipinski definition) is 4. The third kappa shape index (κ3) is 3.96. The molecule has 2 N–H and O–H groups in total. The lowest BCUT2D eigenvalue weighted by Crippen LogP contribution is -2.42. The zero-order chi connectivity index (χ0) is 13.7. The lowest BCUT2D eigenvalue weighted by atomic mass is 10.3. The Morgan fingerprint density at radius 3 is 2.68 bits per heavy atom. The summed E-state index contributed by atoms with van der Waals surface area (Å²) in [4.78, 5) is 13.6. The zero-order valence-corrected chi connectivity index (χ0v) is 11.5. The van der Waals surface area contributed by atoms with Gasteiger partial charge in [-0.25, -0.2) is 0 Å². The molecule has 0 aromatic heterocycles. The lowest BCUT2D eigenvalue weighted by Gasteiger charge is -2.26. The average molecular weight is 282 g/mol. The van der Waals surface area contributed by atoms with Crippen LogP contribution in [0.3, 0.4) is 0 Å². The van der Waals surface area contributed by atoms with Gasteiger partial charge in [-0.3, -0.25) is 9.00 Å². The Bertz CT molecular complexity index is 469. The van der Waals surface area contributed by atoms with E-state index < -0.39 is 10.8 Å². The molecule has 5 nitrogen and oxygen atoms in total. The Kier molecular flexibility index (Phi) is 4.79. The van der Waals surface area contributed by atoms with Crippen molar-refractivity contribution < 1.29 is 13.7 Å². The lowest BCUT2D eigenvalue weighted by molar-refractivity contribution is -0.131. The second kappa shape index (κ2) is 6.56. The number of nitrogens with two attached hydrogens (primary N) is 1. The fourth-order valence-corrected chi connectivity index (χ4v) is 2.96. The van der Waals surface area contributed by atoms with E-state index in [1.807, 2.05) is 12.1 Å². The van der Waals surface area contributed by atoms with Crippen molar-refractivity contribution in [2.75, 3.05) is 36.9 Å². The van der Waals surface area contributed by atoms with Crippen molar-refractivity contribution in [2.45, 2.75) is 6.42 Å². The Balaban J connectivity index is 1.75. The van der Waals surface area contributed by atoms with Crippen molar-refractivity contribution in [1.82, 2.24) is 4.90 Å². The van der Waals surface area contributed by atoms with Crippen LogP contribution in [0.15, 0.2) is 24.3 Å². The van der Waals surface area contributed by atoms with Gasteiger partial charge in [0, 0.05) is 35.4 Å². The van der Waals surface area contributed by atoms with E-state index in [0.717, 1.165) is 0 Å². The highest BCUT2D eigenvalue weighted by Crippen LogP contribution is 2.19. The van der Waals surface area contributed by atoms with Crippen LogP contribution in [-0.4, -0.2) is 46.2 Å². The molecule has 1 aliphatic rings. The summed E-state index contributed by atoms with van der Waals surface area (Å²) in [5, 5.41) is 0. The van der Waals surface area contributed by atoms with Gasteiger partial charge in [0.25, 0.3) is 0 Å². The number of para-hydroxylation sites is 2. The van der Waals surface area contributed by atoms with Crippen LogP contribution in [0.25, 0.3) is 0 Å². The number of rotatable bonds is 4. The molecule has 6 heteroatoms. The van der Waals surface area contributed by atoms with Gasteiger partial charge in [0.05, 0.1) is 18.7 Å². The van der Waals surface area contributed by atoms with Gasteiger partial charge in [-0.15, -0.1) is 0 Å². The zero-order valence-electron chi connectivity index (χ0n) is 10.7. The predicted octanol–water partition coefficient (Wildman–Crippen LogP) is 0.629. The molecule has 0 spiro atoms. The van der Waals surface area contributed by atoms with Crippen LogP contribution in [0.1, 0.15) is 6.42 Å².